The molecule has 3 rings (SSSR count). The van der Waals surface area contributed by atoms with Crippen molar-refractivity contribution >= 4 is 29.4 Å². The van der Waals surface area contributed by atoms with Crippen LogP contribution in [-0.2, 0) is 29.1 Å². The molecule has 2 heterocycles. The summed E-state index contributed by atoms with van der Waals surface area (Å²) < 4.78 is 1.90. The first kappa shape index (κ1) is 21.5. The minimum atomic E-state index is -0.162. The van der Waals surface area contributed by atoms with Gasteiger partial charge in [-0.2, -0.15) is 0 Å². The fourth-order valence-electron chi connectivity index (χ4n) is 2.81. The second kappa shape index (κ2) is 10.5. The molecule has 2 N–H and O–H groups in total. The number of hydrogen-bond donors (Lipinski definition) is 2. The van der Waals surface area contributed by atoms with E-state index in [-0.39, 0.29) is 24.1 Å². The van der Waals surface area contributed by atoms with Gasteiger partial charge in [0.25, 0.3) is 0 Å². The van der Waals surface area contributed by atoms with Crippen LogP contribution in [0, 0.1) is 6.92 Å². The summed E-state index contributed by atoms with van der Waals surface area (Å²) in [6.07, 6.45) is 1.96. The number of hydrogen-bond acceptors (Lipinski definition) is 6. The average Bonchev–Trinajstić information content (AvgIpc) is 3.15. The number of nitrogens with one attached hydrogen (secondary N) is 2. The van der Waals surface area contributed by atoms with E-state index in [2.05, 4.69) is 25.8 Å². The standard InChI is InChI=1S/C21H24N6O2S/c1-3-27-17(13-23-18(28)12-16-9-5-4-6-10-16)25-26-21(27)30-14-19(29)24-20-15(2)8-7-11-22-20/h4-11H,3,12-14H2,1-2H3,(H,23,28)(H,22,24,29). The Hall–Kier alpha value is -3.20. The molecule has 2 aromatic heterocycles. The van der Waals surface area contributed by atoms with E-state index in [4.69, 9.17) is 0 Å². The number of aryl methyl sites for hydroxylation is 1. The Morgan fingerprint density at radius 1 is 1.07 bits per heavy atom. The molecule has 0 saturated carbocycles. The first-order chi connectivity index (χ1) is 14.6. The lowest BCUT2D eigenvalue weighted by atomic mass is 10.1. The SMILES string of the molecule is CCn1c(CNC(=O)Cc2ccccc2)nnc1SCC(=O)Nc1ncccc1C. The summed E-state index contributed by atoms with van der Waals surface area (Å²) in [4.78, 5) is 28.6. The van der Waals surface area contributed by atoms with E-state index in [1.807, 2.05) is 60.9 Å². The number of carbonyl (C=O) groups is 2. The highest BCUT2D eigenvalue weighted by Gasteiger charge is 2.14. The van der Waals surface area contributed by atoms with Crippen LogP contribution in [0.1, 0.15) is 23.9 Å². The minimum Gasteiger partial charge on any atom is -0.349 e. The third-order valence-corrected chi connectivity index (χ3v) is 5.33. The molecular weight excluding hydrogens is 400 g/mol. The zero-order chi connectivity index (χ0) is 21.3. The highest BCUT2D eigenvalue weighted by Crippen LogP contribution is 2.18. The molecule has 8 nitrogen and oxygen atoms in total. The molecule has 9 heteroatoms. The van der Waals surface area contributed by atoms with Gasteiger partial charge in [-0.25, -0.2) is 4.98 Å². The van der Waals surface area contributed by atoms with Crippen LogP contribution in [0.2, 0.25) is 0 Å². The molecule has 0 spiro atoms. The first-order valence-electron chi connectivity index (χ1n) is 9.63. The normalized spacial score (nSPS) is 10.6. The van der Waals surface area contributed by atoms with Crippen LogP contribution in [0.25, 0.3) is 0 Å². The van der Waals surface area contributed by atoms with Crippen LogP contribution in [0.3, 0.4) is 0 Å². The molecular formula is C21H24N6O2S. The Bertz CT molecular complexity index is 1010. The van der Waals surface area contributed by atoms with Crippen LogP contribution >= 0.6 is 11.8 Å². The van der Waals surface area contributed by atoms with Gasteiger partial charge in [-0.15, -0.1) is 10.2 Å². The van der Waals surface area contributed by atoms with E-state index < -0.39 is 0 Å². The maximum absolute atomic E-state index is 12.2. The number of amides is 2. The summed E-state index contributed by atoms with van der Waals surface area (Å²) in [5.74, 6) is 1.16. The lowest BCUT2D eigenvalue weighted by molar-refractivity contribution is -0.120. The largest absolute Gasteiger partial charge is 0.349 e. The van der Waals surface area contributed by atoms with E-state index >= 15 is 0 Å². The van der Waals surface area contributed by atoms with Crippen molar-refractivity contribution in [2.24, 2.45) is 0 Å². The monoisotopic (exact) mass is 424 g/mol. The smallest absolute Gasteiger partial charge is 0.236 e. The molecule has 0 aliphatic heterocycles. The van der Waals surface area contributed by atoms with Gasteiger partial charge in [0.2, 0.25) is 11.8 Å². The molecule has 2 amide bonds. The lowest BCUT2D eigenvalue weighted by Gasteiger charge is -2.09. The van der Waals surface area contributed by atoms with Crippen LogP contribution in [0.15, 0.2) is 53.8 Å². The third-order valence-electron chi connectivity index (χ3n) is 4.36. The van der Waals surface area contributed by atoms with Crippen molar-refractivity contribution in [1.29, 1.82) is 0 Å². The molecule has 0 unspecified atom stereocenters. The number of nitrogens with zero attached hydrogens (tertiary/aromatic N) is 4. The summed E-state index contributed by atoms with van der Waals surface area (Å²) in [7, 11) is 0. The van der Waals surface area contributed by atoms with E-state index in [9.17, 15) is 9.59 Å². The zero-order valence-electron chi connectivity index (χ0n) is 17.0. The molecule has 0 atom stereocenters. The summed E-state index contributed by atoms with van der Waals surface area (Å²) in [5.41, 5.74) is 1.86. The second-order valence-corrected chi connectivity index (χ2v) is 7.53. The van der Waals surface area contributed by atoms with Gasteiger partial charge in [-0.3, -0.25) is 9.59 Å². The molecule has 30 heavy (non-hydrogen) atoms. The van der Waals surface area contributed by atoms with Crippen molar-refractivity contribution in [3.63, 3.8) is 0 Å². The zero-order valence-corrected chi connectivity index (χ0v) is 17.8. The summed E-state index contributed by atoms with van der Waals surface area (Å²) >= 11 is 1.30. The second-order valence-electron chi connectivity index (χ2n) is 6.59. The molecule has 0 aliphatic carbocycles. The van der Waals surface area contributed by atoms with Gasteiger partial charge >= 0.3 is 0 Å². The van der Waals surface area contributed by atoms with Crippen molar-refractivity contribution in [1.82, 2.24) is 25.1 Å². The lowest BCUT2D eigenvalue weighted by Crippen LogP contribution is -2.26. The van der Waals surface area contributed by atoms with Crippen molar-refractivity contribution in [2.75, 3.05) is 11.1 Å². The molecule has 3 aromatic rings. The molecule has 0 fully saturated rings. The Labute approximate surface area is 179 Å². The van der Waals surface area contributed by atoms with Crippen LogP contribution < -0.4 is 10.6 Å². The van der Waals surface area contributed by atoms with Crippen LogP contribution in [-0.4, -0.2) is 37.3 Å². The average molecular weight is 425 g/mol. The Morgan fingerprint density at radius 3 is 2.60 bits per heavy atom. The summed E-state index contributed by atoms with van der Waals surface area (Å²) in [5, 5.41) is 14.7. The fraction of sp³-hybridized carbons (Fsp3) is 0.286. The van der Waals surface area contributed by atoms with Gasteiger partial charge < -0.3 is 15.2 Å². The van der Waals surface area contributed by atoms with Gasteiger partial charge in [0.05, 0.1) is 18.7 Å². The number of thioether (sulfide) groups is 1. The van der Waals surface area contributed by atoms with E-state index in [1.165, 1.54) is 11.8 Å². The van der Waals surface area contributed by atoms with Crippen molar-refractivity contribution in [3.05, 3.63) is 65.6 Å². The predicted octanol–water partition coefficient (Wildman–Crippen LogP) is 2.59. The number of rotatable bonds is 9. The number of aromatic nitrogens is 4. The highest BCUT2D eigenvalue weighted by atomic mass is 32.2. The Kier molecular flexibility index (Phi) is 7.56. The highest BCUT2D eigenvalue weighted by molar-refractivity contribution is 7.99. The predicted molar refractivity (Wildman–Crippen MR) is 116 cm³/mol. The van der Waals surface area contributed by atoms with E-state index in [0.29, 0.717) is 29.8 Å². The fourth-order valence-corrected chi connectivity index (χ4v) is 3.63. The van der Waals surface area contributed by atoms with Crippen molar-refractivity contribution < 1.29 is 9.59 Å². The molecule has 0 radical (unpaired) electrons. The maximum atomic E-state index is 12.2. The van der Waals surface area contributed by atoms with E-state index in [1.54, 1.807) is 6.20 Å². The summed E-state index contributed by atoms with van der Waals surface area (Å²) in [6, 6.07) is 13.3. The molecule has 1 aromatic carbocycles. The number of carbonyl (C=O) groups excluding carboxylic acids is 2. The van der Waals surface area contributed by atoms with Crippen molar-refractivity contribution in [3.8, 4) is 0 Å². The van der Waals surface area contributed by atoms with Gasteiger partial charge in [0.1, 0.15) is 5.82 Å². The van der Waals surface area contributed by atoms with Gasteiger partial charge in [-0.1, -0.05) is 48.2 Å². The molecule has 0 bridgehead atoms. The topological polar surface area (TPSA) is 102 Å². The third kappa shape index (κ3) is 5.90. The van der Waals surface area contributed by atoms with Gasteiger partial charge in [0.15, 0.2) is 11.0 Å². The number of benzene rings is 1. The van der Waals surface area contributed by atoms with Crippen LogP contribution in [0.4, 0.5) is 5.82 Å². The van der Waals surface area contributed by atoms with Gasteiger partial charge in [0, 0.05) is 12.7 Å². The maximum Gasteiger partial charge on any atom is 0.236 e. The Balaban J connectivity index is 1.53. The van der Waals surface area contributed by atoms with Gasteiger partial charge in [-0.05, 0) is 31.0 Å². The Morgan fingerprint density at radius 2 is 1.87 bits per heavy atom. The van der Waals surface area contributed by atoms with E-state index in [0.717, 1.165) is 11.1 Å². The number of anilines is 1. The van der Waals surface area contributed by atoms with Crippen LogP contribution in [0.5, 0.6) is 0 Å². The first-order valence-corrected chi connectivity index (χ1v) is 10.6. The molecule has 0 aliphatic rings. The molecule has 156 valence electrons. The quantitative estimate of drug-likeness (QED) is 0.512. The molecule has 0 saturated heterocycles. The minimum absolute atomic E-state index is 0.0776. The van der Waals surface area contributed by atoms with Crippen molar-refractivity contribution in [2.45, 2.75) is 38.5 Å². The summed E-state index contributed by atoms with van der Waals surface area (Å²) in [6.45, 7) is 4.79. The number of pyridine rings is 1.